The third-order valence-corrected chi connectivity index (χ3v) is 14.9. The zero-order valence-corrected chi connectivity index (χ0v) is 53.3. The second kappa shape index (κ2) is 63.4. The van der Waals surface area contributed by atoms with Crippen molar-refractivity contribution in [1.29, 1.82) is 0 Å². The lowest BCUT2D eigenvalue weighted by molar-refractivity contribution is -0.161. The molecule has 0 aliphatic rings. The van der Waals surface area contributed by atoms with Crippen LogP contribution < -0.4 is 0 Å². The van der Waals surface area contributed by atoms with Crippen LogP contribution in [0, 0.1) is 0 Å². The Balaban J connectivity index is 4.74. The minimum Gasteiger partial charge on any atom is -0.462 e. The average molecular weight is 1170 g/mol. The van der Waals surface area contributed by atoms with Crippen LogP contribution >= 0.6 is 7.82 Å². The van der Waals surface area contributed by atoms with Gasteiger partial charge in [0.1, 0.15) is 12.7 Å². The lowest BCUT2D eigenvalue weighted by Gasteiger charge is -2.21. The molecule has 0 radical (unpaired) electrons. The van der Waals surface area contributed by atoms with Gasteiger partial charge in [-0.15, -0.1) is 0 Å². The predicted octanol–water partition coefficient (Wildman–Crippen LogP) is 20.4. The van der Waals surface area contributed by atoms with E-state index in [9.17, 15) is 28.9 Å². The standard InChI is InChI=1S/C70H121O11P/c1-4-7-10-13-16-19-22-25-28-31-33-36-39-42-45-48-51-54-57-60-69(73)80-66(62-71)64-78-82(75,76)79-65-67(63-77-68(72)59-56-53-50-47-44-41-38-35-30-27-24-21-18-15-12-9-6-3)81-70(74)61-58-55-52-49-46-43-40-37-34-32-29-26-23-20-17-14-11-8-5-2/h8,11,16-17,19-20,25-30,34,37,43,46,66-67,71H,4-7,9-10,12-15,18,21-24,31-33,35-36,38-42,44-45,47-65H2,1-3H3,(H,75,76)/b11-8-,19-16-,20-17-,28-25-,29-26-,30-27-,37-34-,46-43-. The zero-order chi connectivity index (χ0) is 59.8. The van der Waals surface area contributed by atoms with Crippen molar-refractivity contribution >= 4 is 25.7 Å². The number of hydrogen-bond donors (Lipinski definition) is 2. The van der Waals surface area contributed by atoms with Crippen molar-refractivity contribution in [1.82, 2.24) is 0 Å². The van der Waals surface area contributed by atoms with Gasteiger partial charge in [0.2, 0.25) is 0 Å². The van der Waals surface area contributed by atoms with Gasteiger partial charge in [-0.2, -0.15) is 0 Å². The van der Waals surface area contributed by atoms with E-state index in [4.69, 9.17) is 23.3 Å². The molecule has 0 amide bonds. The first-order valence-electron chi connectivity index (χ1n) is 33.1. The number of unbranched alkanes of at least 4 members (excludes halogenated alkanes) is 28. The molecule has 0 aromatic rings. The highest BCUT2D eigenvalue weighted by Crippen LogP contribution is 2.43. The van der Waals surface area contributed by atoms with Crippen LogP contribution in [0.25, 0.3) is 0 Å². The van der Waals surface area contributed by atoms with Crippen LogP contribution in [0.2, 0.25) is 0 Å². The minimum absolute atomic E-state index is 0.124. The van der Waals surface area contributed by atoms with E-state index in [1.165, 1.54) is 122 Å². The Morgan fingerprint density at radius 1 is 0.354 bits per heavy atom. The molecule has 3 unspecified atom stereocenters. The number of allylic oxidation sites excluding steroid dienone is 16. The van der Waals surface area contributed by atoms with E-state index in [2.05, 4.69) is 118 Å². The van der Waals surface area contributed by atoms with Gasteiger partial charge in [0, 0.05) is 19.3 Å². The topological polar surface area (TPSA) is 155 Å². The smallest absolute Gasteiger partial charge is 0.462 e. The van der Waals surface area contributed by atoms with Gasteiger partial charge in [-0.25, -0.2) is 4.57 Å². The molecule has 0 aromatic carbocycles. The summed E-state index contributed by atoms with van der Waals surface area (Å²) in [7, 11) is -4.77. The van der Waals surface area contributed by atoms with Crippen molar-refractivity contribution in [2.75, 3.05) is 26.4 Å². The van der Waals surface area contributed by atoms with Crippen LogP contribution in [0.15, 0.2) is 97.2 Å². The Morgan fingerprint density at radius 3 is 1.02 bits per heavy atom. The number of aliphatic hydroxyl groups excluding tert-OH is 1. The molecule has 0 aliphatic heterocycles. The second-order valence-electron chi connectivity index (χ2n) is 21.9. The molecule has 0 bridgehead atoms. The molecule has 0 saturated heterocycles. The number of carbonyl (C=O) groups excluding carboxylic acids is 3. The predicted molar refractivity (Wildman–Crippen MR) is 344 cm³/mol. The number of ether oxygens (including phenoxy) is 3. The molecule has 472 valence electrons. The largest absolute Gasteiger partial charge is 0.472 e. The normalized spacial score (nSPS) is 13.9. The highest BCUT2D eigenvalue weighted by atomic mass is 31.2. The van der Waals surface area contributed by atoms with Crippen molar-refractivity contribution in [3.05, 3.63) is 97.2 Å². The summed E-state index contributed by atoms with van der Waals surface area (Å²) in [4.78, 5) is 48.8. The van der Waals surface area contributed by atoms with Gasteiger partial charge in [-0.3, -0.25) is 23.4 Å². The highest BCUT2D eigenvalue weighted by molar-refractivity contribution is 7.47. The van der Waals surface area contributed by atoms with Gasteiger partial charge in [-0.1, -0.05) is 246 Å². The van der Waals surface area contributed by atoms with Crippen molar-refractivity contribution in [2.45, 2.75) is 303 Å². The number of aliphatic hydroxyl groups is 1. The number of phosphoric ester groups is 1. The molecule has 0 aliphatic carbocycles. The van der Waals surface area contributed by atoms with Crippen LogP contribution in [0.3, 0.4) is 0 Å². The molecule has 3 atom stereocenters. The number of hydrogen-bond acceptors (Lipinski definition) is 10. The molecule has 2 N–H and O–H groups in total. The fraction of sp³-hybridized carbons (Fsp3) is 0.729. The average Bonchev–Trinajstić information content (AvgIpc) is 3.50. The van der Waals surface area contributed by atoms with E-state index < -0.39 is 57.8 Å². The van der Waals surface area contributed by atoms with Gasteiger partial charge < -0.3 is 24.2 Å². The summed E-state index contributed by atoms with van der Waals surface area (Å²) < 4.78 is 39.7. The Labute approximate surface area is 502 Å². The van der Waals surface area contributed by atoms with Crippen LogP contribution in [-0.2, 0) is 42.2 Å². The van der Waals surface area contributed by atoms with Gasteiger partial charge in [0.15, 0.2) is 6.10 Å². The molecule has 0 aromatic heterocycles. The first kappa shape index (κ1) is 78.4. The van der Waals surface area contributed by atoms with E-state index in [1.807, 2.05) is 0 Å². The molecular formula is C70H121O11P. The molecule has 0 saturated carbocycles. The Morgan fingerprint density at radius 2 is 0.634 bits per heavy atom. The molecule has 12 heteroatoms. The van der Waals surface area contributed by atoms with E-state index >= 15 is 0 Å². The first-order chi connectivity index (χ1) is 40.2. The van der Waals surface area contributed by atoms with Crippen molar-refractivity contribution in [3.8, 4) is 0 Å². The maximum Gasteiger partial charge on any atom is 0.472 e. The molecule has 0 heterocycles. The summed E-state index contributed by atoms with van der Waals surface area (Å²) in [5.74, 6) is -1.51. The monoisotopic (exact) mass is 1170 g/mol. The molecule has 0 rings (SSSR count). The quantitative estimate of drug-likeness (QED) is 0.0197. The molecular weight excluding hydrogens is 1050 g/mol. The SMILES string of the molecule is CC/C=C\C/C=C\C/C=C\C/C=C\C/C=C\CCCCCC(=O)OC(COC(=O)CCCCCCCCC/C=C\CCCCCCCC)COP(=O)(O)OCC(CO)OC(=O)CCCCCCCCCCC/C=C\C/C=C\CCCCC. The van der Waals surface area contributed by atoms with Crippen LogP contribution in [0.5, 0.6) is 0 Å². The highest BCUT2D eigenvalue weighted by Gasteiger charge is 2.28. The van der Waals surface area contributed by atoms with Crippen LogP contribution in [0.1, 0.15) is 290 Å². The van der Waals surface area contributed by atoms with Crippen molar-refractivity contribution in [3.63, 3.8) is 0 Å². The third-order valence-electron chi connectivity index (χ3n) is 14.0. The third kappa shape index (κ3) is 61.0. The summed E-state index contributed by atoms with van der Waals surface area (Å²) >= 11 is 0. The molecule has 11 nitrogen and oxygen atoms in total. The van der Waals surface area contributed by atoms with Crippen LogP contribution in [-0.4, -0.2) is 66.5 Å². The summed E-state index contributed by atoms with van der Waals surface area (Å²) in [5, 5.41) is 9.87. The van der Waals surface area contributed by atoms with E-state index in [0.717, 1.165) is 109 Å². The first-order valence-corrected chi connectivity index (χ1v) is 34.6. The van der Waals surface area contributed by atoms with Crippen molar-refractivity contribution in [2.24, 2.45) is 0 Å². The maximum absolute atomic E-state index is 13.0. The summed E-state index contributed by atoms with van der Waals surface area (Å²) in [6, 6.07) is 0. The fourth-order valence-electron chi connectivity index (χ4n) is 8.94. The van der Waals surface area contributed by atoms with Gasteiger partial charge in [0.25, 0.3) is 0 Å². The summed E-state index contributed by atoms with van der Waals surface area (Å²) in [5.41, 5.74) is 0. The number of phosphoric acid groups is 1. The lowest BCUT2D eigenvalue weighted by atomic mass is 10.1. The Bertz CT molecular complexity index is 1750. The zero-order valence-electron chi connectivity index (χ0n) is 52.4. The fourth-order valence-corrected chi connectivity index (χ4v) is 9.72. The second-order valence-corrected chi connectivity index (χ2v) is 23.3. The van der Waals surface area contributed by atoms with E-state index in [0.29, 0.717) is 19.3 Å². The lowest BCUT2D eigenvalue weighted by Crippen LogP contribution is -2.30. The van der Waals surface area contributed by atoms with Gasteiger partial charge in [0.05, 0.1) is 19.8 Å². The van der Waals surface area contributed by atoms with E-state index in [-0.39, 0.29) is 25.9 Å². The maximum atomic E-state index is 13.0. The number of carbonyl (C=O) groups is 3. The number of esters is 3. The van der Waals surface area contributed by atoms with E-state index in [1.54, 1.807) is 0 Å². The molecule has 82 heavy (non-hydrogen) atoms. The summed E-state index contributed by atoms with van der Waals surface area (Å²) in [6.45, 7) is 4.49. The van der Waals surface area contributed by atoms with Crippen molar-refractivity contribution < 1.29 is 52.2 Å². The minimum atomic E-state index is -4.77. The summed E-state index contributed by atoms with van der Waals surface area (Å²) in [6.07, 6.45) is 76.4. The van der Waals surface area contributed by atoms with Crippen LogP contribution in [0.4, 0.5) is 0 Å². The van der Waals surface area contributed by atoms with Gasteiger partial charge in [-0.05, 0) is 122 Å². The molecule has 0 spiro atoms. The molecule has 0 fully saturated rings. The Kier molecular flexibility index (Phi) is 60.6. The number of rotatable bonds is 61. The van der Waals surface area contributed by atoms with Gasteiger partial charge >= 0.3 is 25.7 Å². The Hall–Kier alpha value is -3.60.